The highest BCUT2D eigenvalue weighted by Gasteiger charge is 2.22. The number of benzene rings is 1. The van der Waals surface area contributed by atoms with E-state index in [9.17, 15) is 9.18 Å². The summed E-state index contributed by atoms with van der Waals surface area (Å²) in [5.41, 5.74) is 0.358. The van der Waals surface area contributed by atoms with Crippen LogP contribution in [0.3, 0.4) is 0 Å². The summed E-state index contributed by atoms with van der Waals surface area (Å²) in [5.74, 6) is -1.91. The number of rotatable bonds is 4. The summed E-state index contributed by atoms with van der Waals surface area (Å²) >= 11 is 5.81. The van der Waals surface area contributed by atoms with Crippen molar-refractivity contribution in [2.75, 3.05) is 0 Å². The predicted octanol–water partition coefficient (Wildman–Crippen LogP) is 4.03. The first-order chi connectivity index (χ1) is 9.38. The maximum absolute atomic E-state index is 13.8. The quantitative estimate of drug-likeness (QED) is 0.925. The molecule has 2 rings (SSSR count). The lowest BCUT2D eigenvalue weighted by Gasteiger charge is -2.00. The van der Waals surface area contributed by atoms with Crippen molar-refractivity contribution in [3.05, 3.63) is 40.5 Å². The number of carbonyl (C=O) groups is 1. The van der Waals surface area contributed by atoms with Crippen LogP contribution in [0.5, 0.6) is 0 Å². The van der Waals surface area contributed by atoms with Gasteiger partial charge in [-0.1, -0.05) is 25.4 Å². The Bertz CT molecular complexity index is 652. The standard InChI is InChI=1S/C14H13ClFNO3/c1-7(2)5-11-12(14(18)19)20-13(17-11)9-6-8(15)3-4-10(9)16/h3-4,6-7H,5H2,1-2H3,(H,18,19). The van der Waals surface area contributed by atoms with Crippen LogP contribution in [0.4, 0.5) is 4.39 Å². The number of nitrogens with zero attached hydrogens (tertiary/aromatic N) is 1. The van der Waals surface area contributed by atoms with Gasteiger partial charge < -0.3 is 9.52 Å². The summed E-state index contributed by atoms with van der Waals surface area (Å²) in [7, 11) is 0. The van der Waals surface area contributed by atoms with Crippen molar-refractivity contribution in [3.63, 3.8) is 0 Å². The zero-order chi connectivity index (χ0) is 14.9. The van der Waals surface area contributed by atoms with Crippen LogP contribution in [-0.2, 0) is 6.42 Å². The van der Waals surface area contributed by atoms with Gasteiger partial charge in [0.25, 0.3) is 0 Å². The minimum atomic E-state index is -1.22. The molecule has 1 N–H and O–H groups in total. The minimum Gasteiger partial charge on any atom is -0.475 e. The van der Waals surface area contributed by atoms with Crippen molar-refractivity contribution < 1.29 is 18.7 Å². The van der Waals surface area contributed by atoms with Gasteiger partial charge in [-0.3, -0.25) is 0 Å². The minimum absolute atomic E-state index is 0.0509. The van der Waals surface area contributed by atoms with E-state index in [0.717, 1.165) is 0 Å². The van der Waals surface area contributed by atoms with Crippen molar-refractivity contribution in [1.29, 1.82) is 0 Å². The molecule has 4 nitrogen and oxygen atoms in total. The zero-order valence-electron chi connectivity index (χ0n) is 11.0. The molecule has 6 heteroatoms. The lowest BCUT2D eigenvalue weighted by Crippen LogP contribution is -2.03. The Kier molecular flexibility index (Phi) is 4.09. The number of aromatic nitrogens is 1. The fourth-order valence-electron chi connectivity index (χ4n) is 1.82. The van der Waals surface area contributed by atoms with Gasteiger partial charge in [-0.2, -0.15) is 0 Å². The number of hydrogen-bond donors (Lipinski definition) is 1. The van der Waals surface area contributed by atoms with E-state index in [0.29, 0.717) is 17.1 Å². The molecule has 0 atom stereocenters. The van der Waals surface area contributed by atoms with Crippen LogP contribution in [0.1, 0.15) is 30.1 Å². The number of carboxylic acids is 1. The summed E-state index contributed by atoms with van der Waals surface area (Å²) in [6.45, 7) is 3.86. The smallest absolute Gasteiger partial charge is 0.373 e. The highest BCUT2D eigenvalue weighted by molar-refractivity contribution is 6.30. The van der Waals surface area contributed by atoms with Gasteiger partial charge in [0, 0.05) is 5.02 Å². The van der Waals surface area contributed by atoms with Gasteiger partial charge in [-0.25, -0.2) is 14.2 Å². The third-order valence-electron chi connectivity index (χ3n) is 2.65. The third-order valence-corrected chi connectivity index (χ3v) is 2.89. The lowest BCUT2D eigenvalue weighted by molar-refractivity contribution is 0.0661. The van der Waals surface area contributed by atoms with Crippen LogP contribution >= 0.6 is 11.6 Å². The Balaban J connectivity index is 2.52. The molecule has 0 spiro atoms. The molecule has 20 heavy (non-hydrogen) atoms. The molecule has 0 amide bonds. The van der Waals surface area contributed by atoms with E-state index in [2.05, 4.69) is 4.98 Å². The molecular formula is C14H13ClFNO3. The van der Waals surface area contributed by atoms with Crippen LogP contribution in [0.2, 0.25) is 5.02 Å². The molecule has 0 unspecified atom stereocenters. The van der Waals surface area contributed by atoms with Crippen molar-refractivity contribution in [1.82, 2.24) is 4.98 Å². The van der Waals surface area contributed by atoms with Gasteiger partial charge in [0.05, 0.1) is 11.3 Å². The Morgan fingerprint density at radius 1 is 1.50 bits per heavy atom. The molecule has 0 aliphatic heterocycles. The first-order valence-electron chi connectivity index (χ1n) is 6.07. The Morgan fingerprint density at radius 3 is 2.80 bits per heavy atom. The van der Waals surface area contributed by atoms with Crippen molar-refractivity contribution in [2.45, 2.75) is 20.3 Å². The summed E-state index contributed by atoms with van der Waals surface area (Å²) in [5, 5.41) is 9.43. The topological polar surface area (TPSA) is 63.3 Å². The van der Waals surface area contributed by atoms with E-state index >= 15 is 0 Å². The Labute approximate surface area is 120 Å². The molecule has 0 radical (unpaired) electrons. The van der Waals surface area contributed by atoms with Gasteiger partial charge in [-0.05, 0) is 30.5 Å². The van der Waals surface area contributed by atoms with Crippen molar-refractivity contribution in [3.8, 4) is 11.5 Å². The van der Waals surface area contributed by atoms with Gasteiger partial charge >= 0.3 is 5.97 Å². The van der Waals surface area contributed by atoms with Crippen molar-refractivity contribution >= 4 is 17.6 Å². The van der Waals surface area contributed by atoms with Gasteiger partial charge in [0.15, 0.2) is 0 Å². The summed E-state index contributed by atoms with van der Waals surface area (Å²) in [4.78, 5) is 15.2. The second kappa shape index (κ2) is 5.63. The maximum atomic E-state index is 13.8. The average molecular weight is 298 g/mol. The molecule has 0 saturated carbocycles. The third kappa shape index (κ3) is 2.99. The van der Waals surface area contributed by atoms with Crippen molar-refractivity contribution in [2.24, 2.45) is 5.92 Å². The number of oxazole rings is 1. The van der Waals surface area contributed by atoms with Crippen LogP contribution < -0.4 is 0 Å². The number of carboxylic acid groups (broad SMARTS) is 1. The first-order valence-corrected chi connectivity index (χ1v) is 6.44. The van der Waals surface area contributed by atoms with Gasteiger partial charge in [0.2, 0.25) is 11.7 Å². The number of halogens is 2. The summed E-state index contributed by atoms with van der Waals surface area (Å²) in [6, 6.07) is 3.94. The van der Waals surface area contributed by atoms with E-state index in [1.807, 2.05) is 13.8 Å². The Morgan fingerprint density at radius 2 is 2.20 bits per heavy atom. The van der Waals surface area contributed by atoms with Crippen LogP contribution in [-0.4, -0.2) is 16.1 Å². The second-order valence-electron chi connectivity index (χ2n) is 4.82. The molecule has 0 bridgehead atoms. The molecule has 1 aromatic heterocycles. The fraction of sp³-hybridized carbons (Fsp3) is 0.286. The summed E-state index contributed by atoms with van der Waals surface area (Å²) in [6.07, 6.45) is 0.438. The molecule has 0 aliphatic carbocycles. The average Bonchev–Trinajstić information content (AvgIpc) is 2.75. The SMILES string of the molecule is CC(C)Cc1nc(-c2cc(Cl)ccc2F)oc1C(=O)O. The van der Waals surface area contributed by atoms with Gasteiger partial charge in [0.1, 0.15) is 5.82 Å². The molecule has 0 aliphatic rings. The molecular weight excluding hydrogens is 285 g/mol. The van der Waals surface area contributed by atoms with E-state index in [1.165, 1.54) is 18.2 Å². The first kappa shape index (κ1) is 14.5. The second-order valence-corrected chi connectivity index (χ2v) is 5.26. The predicted molar refractivity (Wildman–Crippen MR) is 72.4 cm³/mol. The molecule has 0 fully saturated rings. The number of hydrogen-bond acceptors (Lipinski definition) is 3. The molecule has 2 aromatic rings. The van der Waals surface area contributed by atoms with E-state index in [1.54, 1.807) is 0 Å². The van der Waals surface area contributed by atoms with Crippen LogP contribution in [0, 0.1) is 11.7 Å². The largest absolute Gasteiger partial charge is 0.475 e. The highest BCUT2D eigenvalue weighted by Crippen LogP contribution is 2.28. The summed E-state index contributed by atoms with van der Waals surface area (Å²) < 4.78 is 18.9. The van der Waals surface area contributed by atoms with E-state index in [4.69, 9.17) is 21.1 Å². The normalized spacial score (nSPS) is 11.1. The molecule has 1 aromatic carbocycles. The van der Waals surface area contributed by atoms with E-state index in [-0.39, 0.29) is 23.1 Å². The van der Waals surface area contributed by atoms with Crippen LogP contribution in [0.25, 0.3) is 11.5 Å². The monoisotopic (exact) mass is 297 g/mol. The van der Waals surface area contributed by atoms with Crippen LogP contribution in [0.15, 0.2) is 22.6 Å². The fourth-order valence-corrected chi connectivity index (χ4v) is 1.99. The highest BCUT2D eigenvalue weighted by atomic mass is 35.5. The Hall–Kier alpha value is -1.88. The van der Waals surface area contributed by atoms with E-state index < -0.39 is 11.8 Å². The zero-order valence-corrected chi connectivity index (χ0v) is 11.7. The number of aromatic carboxylic acids is 1. The lowest BCUT2D eigenvalue weighted by atomic mass is 10.1. The maximum Gasteiger partial charge on any atom is 0.373 e. The molecule has 0 saturated heterocycles. The molecule has 106 valence electrons. The van der Waals surface area contributed by atoms with Gasteiger partial charge in [-0.15, -0.1) is 0 Å². The molecule has 1 heterocycles.